The second-order valence-corrected chi connectivity index (χ2v) is 5.10. The fourth-order valence-electron chi connectivity index (χ4n) is 1.57. The predicted octanol–water partition coefficient (Wildman–Crippen LogP) is 1.70. The van der Waals surface area contributed by atoms with Gasteiger partial charge in [-0.2, -0.15) is 4.21 Å². The van der Waals surface area contributed by atoms with E-state index in [-0.39, 0.29) is 12.3 Å². The summed E-state index contributed by atoms with van der Waals surface area (Å²) in [6.45, 7) is 0.347. The van der Waals surface area contributed by atoms with Crippen LogP contribution in [0.15, 0.2) is 18.2 Å². The van der Waals surface area contributed by atoms with E-state index in [2.05, 4.69) is 9.50 Å². The number of nitrogens with one attached hydrogen (secondary N) is 1. The van der Waals surface area contributed by atoms with Crippen LogP contribution in [0.5, 0.6) is 5.75 Å². The Hall–Kier alpha value is -1.64. The van der Waals surface area contributed by atoms with Crippen LogP contribution >= 0.6 is 0 Å². The molecule has 1 saturated carbocycles. The third-order valence-electron chi connectivity index (χ3n) is 2.82. The minimum absolute atomic E-state index is 0.119. The van der Waals surface area contributed by atoms with Gasteiger partial charge in [0, 0.05) is 0 Å². The average Bonchev–Trinajstić information content (AvgIpc) is 3.20. The summed E-state index contributed by atoms with van der Waals surface area (Å²) in [5, 5.41) is 11.7. The zero-order valence-corrected chi connectivity index (χ0v) is 11.4. The molecule has 1 aromatic rings. The average molecular weight is 301 g/mol. The number of rotatable bonds is 8. The normalized spacial score (nSPS) is 15.7. The molecule has 0 bridgehead atoms. The molecule has 0 amide bonds. The van der Waals surface area contributed by atoms with Gasteiger partial charge in [-0.25, -0.2) is 8.98 Å². The molecular formula is C12H15NO6S. The van der Waals surface area contributed by atoms with Gasteiger partial charge in [0.2, 0.25) is 0 Å². The van der Waals surface area contributed by atoms with Crippen molar-refractivity contribution in [2.45, 2.75) is 12.8 Å². The highest BCUT2D eigenvalue weighted by Crippen LogP contribution is 2.32. The lowest BCUT2D eigenvalue weighted by atomic mass is 10.2. The number of anilines is 1. The molecule has 110 valence electrons. The maximum absolute atomic E-state index is 10.9. The maximum atomic E-state index is 10.9. The molecule has 1 aliphatic rings. The smallest absolute Gasteiger partial charge is 0.335 e. The molecule has 0 saturated heterocycles. The monoisotopic (exact) mass is 301 g/mol. The van der Waals surface area contributed by atoms with Gasteiger partial charge in [-0.1, -0.05) is 0 Å². The van der Waals surface area contributed by atoms with Crippen LogP contribution in [-0.4, -0.2) is 33.2 Å². The van der Waals surface area contributed by atoms with Gasteiger partial charge in [0.15, 0.2) is 0 Å². The highest BCUT2D eigenvalue weighted by atomic mass is 32.2. The second kappa shape index (κ2) is 6.69. The third kappa shape index (κ3) is 4.48. The number of hydrogen-bond acceptors (Lipinski definition) is 5. The lowest BCUT2D eigenvalue weighted by Gasteiger charge is -2.13. The Morgan fingerprint density at radius 1 is 1.45 bits per heavy atom. The van der Waals surface area contributed by atoms with Crippen molar-refractivity contribution in [2.24, 2.45) is 5.92 Å². The molecule has 3 N–H and O–H groups in total. The number of hydrogen-bond donors (Lipinski definition) is 3. The molecule has 2 rings (SSSR count). The maximum Gasteiger partial charge on any atom is 0.335 e. The summed E-state index contributed by atoms with van der Waals surface area (Å²) in [4.78, 5) is 10.9. The Morgan fingerprint density at radius 2 is 2.20 bits per heavy atom. The first-order valence-corrected chi connectivity index (χ1v) is 7.07. The van der Waals surface area contributed by atoms with Crippen LogP contribution in [0.25, 0.3) is 0 Å². The summed E-state index contributed by atoms with van der Waals surface area (Å²) < 4.78 is 28.9. The highest BCUT2D eigenvalue weighted by Gasteiger charge is 2.22. The van der Waals surface area contributed by atoms with E-state index < -0.39 is 17.3 Å². The van der Waals surface area contributed by atoms with Crippen molar-refractivity contribution < 1.29 is 27.6 Å². The van der Waals surface area contributed by atoms with E-state index in [4.69, 9.17) is 14.4 Å². The van der Waals surface area contributed by atoms with Crippen molar-refractivity contribution in [3.63, 3.8) is 0 Å². The van der Waals surface area contributed by atoms with Crippen molar-refractivity contribution in [3.05, 3.63) is 23.8 Å². The Balaban J connectivity index is 2.05. The van der Waals surface area contributed by atoms with Crippen molar-refractivity contribution in [1.29, 1.82) is 0 Å². The zero-order chi connectivity index (χ0) is 14.5. The van der Waals surface area contributed by atoms with Crippen LogP contribution in [0.4, 0.5) is 5.69 Å². The number of benzene rings is 1. The van der Waals surface area contributed by atoms with Gasteiger partial charge in [0.1, 0.15) is 12.5 Å². The van der Waals surface area contributed by atoms with Gasteiger partial charge in [0.25, 0.3) is 0 Å². The minimum Gasteiger partial charge on any atom is -0.491 e. The first-order valence-electron chi connectivity index (χ1n) is 6.04. The van der Waals surface area contributed by atoms with E-state index in [1.165, 1.54) is 18.2 Å². The van der Waals surface area contributed by atoms with Crippen LogP contribution in [0, 0.1) is 5.92 Å². The lowest BCUT2D eigenvalue weighted by Crippen LogP contribution is -2.10. The molecule has 20 heavy (non-hydrogen) atoms. The minimum atomic E-state index is -2.36. The summed E-state index contributed by atoms with van der Waals surface area (Å²) in [5.41, 5.74) is 0.633. The standard InChI is InChI=1S/C12H15NO6S/c14-12(15)9-3-4-10(13-7-19-20(16)17)11(5-9)18-6-8-1-2-8/h3-5,8,13H,1-2,6-7H2,(H,14,15)(H,16,17). The highest BCUT2D eigenvalue weighted by molar-refractivity contribution is 7.74. The quantitative estimate of drug-likeness (QED) is 0.495. The summed E-state index contributed by atoms with van der Waals surface area (Å²) in [6, 6.07) is 4.38. The number of carboxylic acid groups (broad SMARTS) is 1. The van der Waals surface area contributed by atoms with Crippen molar-refractivity contribution in [2.75, 3.05) is 18.7 Å². The Bertz CT molecular complexity index is 517. The van der Waals surface area contributed by atoms with E-state index in [9.17, 15) is 9.00 Å². The van der Waals surface area contributed by atoms with Gasteiger partial charge < -0.3 is 15.2 Å². The van der Waals surface area contributed by atoms with E-state index in [1.54, 1.807) is 0 Å². The van der Waals surface area contributed by atoms with E-state index >= 15 is 0 Å². The van der Waals surface area contributed by atoms with Crippen LogP contribution in [0.3, 0.4) is 0 Å². The Kier molecular flexibility index (Phi) is 4.94. The molecule has 0 aliphatic heterocycles. The molecule has 0 heterocycles. The number of aromatic carboxylic acids is 1. The molecule has 8 heteroatoms. The largest absolute Gasteiger partial charge is 0.491 e. The van der Waals surface area contributed by atoms with Gasteiger partial charge in [-0.05, 0) is 37.0 Å². The lowest BCUT2D eigenvalue weighted by molar-refractivity contribution is 0.0696. The van der Waals surface area contributed by atoms with Gasteiger partial charge in [-0.3, -0.25) is 4.55 Å². The molecule has 1 fully saturated rings. The summed E-state index contributed by atoms with van der Waals surface area (Å²) in [7, 11) is 0. The molecule has 0 radical (unpaired) electrons. The van der Waals surface area contributed by atoms with Crippen LogP contribution in [0.1, 0.15) is 23.2 Å². The fourth-order valence-corrected chi connectivity index (χ4v) is 1.73. The molecule has 0 aromatic heterocycles. The second-order valence-electron chi connectivity index (χ2n) is 4.43. The molecule has 1 unspecified atom stereocenters. The first kappa shape index (κ1) is 14.8. The summed E-state index contributed by atoms with van der Waals surface area (Å²) in [6.07, 6.45) is 2.24. The Morgan fingerprint density at radius 3 is 2.80 bits per heavy atom. The van der Waals surface area contributed by atoms with Crippen molar-refractivity contribution in [1.82, 2.24) is 0 Å². The molecule has 7 nitrogen and oxygen atoms in total. The number of carboxylic acids is 1. The zero-order valence-electron chi connectivity index (χ0n) is 10.6. The number of ether oxygens (including phenoxy) is 1. The van der Waals surface area contributed by atoms with Gasteiger partial charge >= 0.3 is 17.3 Å². The van der Waals surface area contributed by atoms with Gasteiger partial charge in [-0.15, -0.1) is 0 Å². The van der Waals surface area contributed by atoms with Crippen LogP contribution in [-0.2, 0) is 15.5 Å². The molecule has 1 aromatic carbocycles. The van der Waals surface area contributed by atoms with Crippen molar-refractivity contribution in [3.8, 4) is 5.75 Å². The molecule has 0 spiro atoms. The van der Waals surface area contributed by atoms with Gasteiger partial charge in [0.05, 0.1) is 17.9 Å². The topological polar surface area (TPSA) is 105 Å². The van der Waals surface area contributed by atoms with Crippen LogP contribution in [0.2, 0.25) is 0 Å². The van der Waals surface area contributed by atoms with E-state index in [1.807, 2.05) is 0 Å². The first-order chi connectivity index (χ1) is 9.56. The van der Waals surface area contributed by atoms with Crippen molar-refractivity contribution >= 4 is 23.0 Å². The molecular weight excluding hydrogens is 286 g/mol. The SMILES string of the molecule is O=C(O)c1ccc(NCOS(=O)O)c(OCC2CC2)c1. The molecule has 1 aliphatic carbocycles. The fraction of sp³-hybridized carbons (Fsp3) is 0.417. The third-order valence-corrected chi connectivity index (χ3v) is 3.14. The molecule has 1 atom stereocenters. The van der Waals surface area contributed by atoms with Crippen LogP contribution < -0.4 is 10.1 Å². The van der Waals surface area contributed by atoms with E-state index in [0.717, 1.165) is 12.8 Å². The summed E-state index contributed by atoms with van der Waals surface area (Å²) >= 11 is -2.36. The number of carbonyl (C=O) groups is 1. The summed E-state index contributed by atoms with van der Waals surface area (Å²) in [5.74, 6) is -0.123. The van der Waals surface area contributed by atoms with E-state index in [0.29, 0.717) is 24.0 Å². The Labute approximate surface area is 118 Å². The predicted molar refractivity (Wildman–Crippen MR) is 72.0 cm³/mol.